The number of nitrogens with zero attached hydrogens (tertiary/aromatic N) is 3. The molecule has 0 bridgehead atoms. The third-order valence-corrected chi connectivity index (χ3v) is 3.61. The van der Waals surface area contributed by atoms with Crippen molar-refractivity contribution in [2.75, 3.05) is 0 Å². The van der Waals surface area contributed by atoms with E-state index >= 15 is 0 Å². The maximum absolute atomic E-state index is 10.4. The van der Waals surface area contributed by atoms with Gasteiger partial charge in [-0.05, 0) is 43.7 Å². The van der Waals surface area contributed by atoms with E-state index in [-0.39, 0.29) is 0 Å². The summed E-state index contributed by atoms with van der Waals surface area (Å²) in [5.74, 6) is 0. The predicted molar refractivity (Wildman–Crippen MR) is 83.0 cm³/mol. The second kappa shape index (κ2) is 5.66. The number of rotatable bonds is 4. The van der Waals surface area contributed by atoms with Crippen molar-refractivity contribution in [2.45, 2.75) is 32.4 Å². The summed E-state index contributed by atoms with van der Waals surface area (Å²) in [5, 5.41) is 15.9. The van der Waals surface area contributed by atoms with Gasteiger partial charge in [-0.1, -0.05) is 12.1 Å². The molecule has 2 aromatic heterocycles. The molecule has 1 N–H and O–H groups in total. The molecule has 21 heavy (non-hydrogen) atoms. The van der Waals surface area contributed by atoms with Gasteiger partial charge in [-0.25, -0.2) is 0 Å². The molecule has 108 valence electrons. The van der Waals surface area contributed by atoms with Gasteiger partial charge >= 0.3 is 0 Å². The fourth-order valence-electron chi connectivity index (χ4n) is 2.39. The van der Waals surface area contributed by atoms with Gasteiger partial charge in [-0.3, -0.25) is 9.67 Å². The van der Waals surface area contributed by atoms with Crippen LogP contribution in [0.2, 0.25) is 0 Å². The van der Waals surface area contributed by atoms with Crippen molar-refractivity contribution in [1.29, 1.82) is 0 Å². The minimum atomic E-state index is -0.551. The van der Waals surface area contributed by atoms with E-state index in [4.69, 9.17) is 0 Å². The third kappa shape index (κ3) is 2.95. The molecule has 2 heterocycles. The van der Waals surface area contributed by atoms with E-state index in [9.17, 15) is 5.11 Å². The SMILES string of the molecule is CC(C)n1ccc(CC(O)c2ccc3ncccc3c2)n1. The molecule has 1 atom stereocenters. The summed E-state index contributed by atoms with van der Waals surface area (Å²) in [6.45, 7) is 4.17. The lowest BCUT2D eigenvalue weighted by Gasteiger charge is -2.10. The monoisotopic (exact) mass is 281 g/mol. The fraction of sp³-hybridized carbons (Fsp3) is 0.294. The Bertz CT molecular complexity index is 748. The van der Waals surface area contributed by atoms with Crippen LogP contribution in [-0.4, -0.2) is 19.9 Å². The van der Waals surface area contributed by atoms with Crippen molar-refractivity contribution in [3.05, 3.63) is 60.0 Å². The first-order valence-corrected chi connectivity index (χ1v) is 7.20. The summed E-state index contributed by atoms with van der Waals surface area (Å²) in [5.41, 5.74) is 2.75. The maximum Gasteiger partial charge on any atom is 0.0846 e. The quantitative estimate of drug-likeness (QED) is 0.798. The Hall–Kier alpha value is -2.20. The Labute approximate surface area is 124 Å². The first-order valence-electron chi connectivity index (χ1n) is 7.20. The highest BCUT2D eigenvalue weighted by Gasteiger charge is 2.12. The number of hydrogen-bond acceptors (Lipinski definition) is 3. The lowest BCUT2D eigenvalue weighted by molar-refractivity contribution is 0.177. The molecule has 0 aliphatic rings. The highest BCUT2D eigenvalue weighted by molar-refractivity contribution is 5.79. The Morgan fingerprint density at radius 3 is 2.81 bits per heavy atom. The lowest BCUT2D eigenvalue weighted by Crippen LogP contribution is -2.05. The fourth-order valence-corrected chi connectivity index (χ4v) is 2.39. The van der Waals surface area contributed by atoms with Gasteiger partial charge in [0.1, 0.15) is 0 Å². The van der Waals surface area contributed by atoms with Crippen molar-refractivity contribution >= 4 is 10.9 Å². The summed E-state index contributed by atoms with van der Waals surface area (Å²) in [4.78, 5) is 4.29. The zero-order chi connectivity index (χ0) is 14.8. The van der Waals surface area contributed by atoms with Crippen molar-refractivity contribution < 1.29 is 5.11 Å². The average Bonchev–Trinajstić information content (AvgIpc) is 2.95. The average molecular weight is 281 g/mol. The Balaban J connectivity index is 1.80. The molecule has 0 fully saturated rings. The van der Waals surface area contributed by atoms with E-state index in [0.717, 1.165) is 22.2 Å². The van der Waals surface area contributed by atoms with Crippen LogP contribution in [0.3, 0.4) is 0 Å². The number of aromatic nitrogens is 3. The van der Waals surface area contributed by atoms with Gasteiger partial charge < -0.3 is 5.11 Å². The molecule has 0 aliphatic carbocycles. The second-order valence-corrected chi connectivity index (χ2v) is 5.56. The van der Waals surface area contributed by atoms with E-state index < -0.39 is 6.10 Å². The van der Waals surface area contributed by atoms with Crippen LogP contribution in [0.15, 0.2) is 48.8 Å². The maximum atomic E-state index is 10.4. The molecule has 1 unspecified atom stereocenters. The van der Waals surface area contributed by atoms with Gasteiger partial charge in [0.15, 0.2) is 0 Å². The molecular weight excluding hydrogens is 262 g/mol. The molecule has 4 heteroatoms. The first kappa shape index (κ1) is 13.8. The number of pyridine rings is 1. The number of benzene rings is 1. The summed E-state index contributed by atoms with van der Waals surface area (Å²) in [7, 11) is 0. The Kier molecular flexibility index (Phi) is 3.71. The minimum absolute atomic E-state index is 0.336. The summed E-state index contributed by atoms with van der Waals surface area (Å²) >= 11 is 0. The topological polar surface area (TPSA) is 50.9 Å². The van der Waals surface area contributed by atoms with Gasteiger partial charge in [0.25, 0.3) is 0 Å². The van der Waals surface area contributed by atoms with E-state index in [1.807, 2.05) is 47.3 Å². The molecule has 0 spiro atoms. The smallest absolute Gasteiger partial charge is 0.0846 e. The van der Waals surface area contributed by atoms with Crippen molar-refractivity contribution in [3.8, 4) is 0 Å². The van der Waals surface area contributed by atoms with Crippen LogP contribution in [0.4, 0.5) is 0 Å². The van der Waals surface area contributed by atoms with E-state index in [1.54, 1.807) is 6.20 Å². The van der Waals surface area contributed by atoms with Gasteiger partial charge in [0.05, 0.1) is 17.3 Å². The van der Waals surface area contributed by atoms with Gasteiger partial charge in [-0.2, -0.15) is 5.10 Å². The molecule has 0 saturated carbocycles. The third-order valence-electron chi connectivity index (χ3n) is 3.61. The molecule has 4 nitrogen and oxygen atoms in total. The standard InChI is InChI=1S/C17H19N3O/c1-12(2)20-9-7-15(19-20)11-17(21)14-5-6-16-13(10-14)4-3-8-18-16/h3-10,12,17,21H,11H2,1-2H3. The molecule has 3 aromatic rings. The normalized spacial score (nSPS) is 13.0. The predicted octanol–water partition coefficient (Wildman–Crippen LogP) is 3.29. The van der Waals surface area contributed by atoms with Crippen LogP contribution in [0.25, 0.3) is 10.9 Å². The van der Waals surface area contributed by atoms with Crippen LogP contribution in [0.1, 0.15) is 37.3 Å². The highest BCUT2D eigenvalue weighted by atomic mass is 16.3. The van der Waals surface area contributed by atoms with Crippen LogP contribution >= 0.6 is 0 Å². The molecular formula is C17H19N3O. The molecule has 3 rings (SSSR count). The van der Waals surface area contributed by atoms with Gasteiger partial charge in [0, 0.05) is 30.2 Å². The van der Waals surface area contributed by atoms with Gasteiger partial charge in [0.2, 0.25) is 0 Å². The molecule has 0 radical (unpaired) electrons. The Morgan fingerprint density at radius 1 is 1.19 bits per heavy atom. The van der Waals surface area contributed by atoms with Crippen molar-refractivity contribution in [2.24, 2.45) is 0 Å². The van der Waals surface area contributed by atoms with Crippen LogP contribution < -0.4 is 0 Å². The first-order chi connectivity index (χ1) is 10.1. The highest BCUT2D eigenvalue weighted by Crippen LogP contribution is 2.22. The summed E-state index contributed by atoms with van der Waals surface area (Å²) in [6, 6.07) is 12.1. The van der Waals surface area contributed by atoms with Crippen LogP contribution in [0.5, 0.6) is 0 Å². The van der Waals surface area contributed by atoms with Crippen molar-refractivity contribution in [1.82, 2.24) is 14.8 Å². The summed E-state index contributed by atoms with van der Waals surface area (Å²) < 4.78 is 1.91. The second-order valence-electron chi connectivity index (χ2n) is 5.56. The number of hydrogen-bond donors (Lipinski definition) is 1. The van der Waals surface area contributed by atoms with Crippen molar-refractivity contribution in [3.63, 3.8) is 0 Å². The zero-order valence-electron chi connectivity index (χ0n) is 12.3. The van der Waals surface area contributed by atoms with Crippen LogP contribution in [0, 0.1) is 0 Å². The Morgan fingerprint density at radius 2 is 2.05 bits per heavy atom. The molecule has 0 saturated heterocycles. The number of aliphatic hydroxyl groups is 1. The number of fused-ring (bicyclic) bond motifs is 1. The van der Waals surface area contributed by atoms with Crippen LogP contribution in [-0.2, 0) is 6.42 Å². The molecule has 0 amide bonds. The summed E-state index contributed by atoms with van der Waals surface area (Å²) in [6.07, 6.45) is 3.70. The largest absolute Gasteiger partial charge is 0.388 e. The van der Waals surface area contributed by atoms with E-state index in [2.05, 4.69) is 23.9 Å². The molecule has 0 aliphatic heterocycles. The van der Waals surface area contributed by atoms with Gasteiger partial charge in [-0.15, -0.1) is 0 Å². The zero-order valence-corrected chi connectivity index (χ0v) is 12.3. The molecule has 1 aromatic carbocycles. The number of aliphatic hydroxyl groups excluding tert-OH is 1. The van der Waals surface area contributed by atoms with E-state index in [1.165, 1.54) is 0 Å². The minimum Gasteiger partial charge on any atom is -0.388 e. The van der Waals surface area contributed by atoms with E-state index in [0.29, 0.717) is 12.5 Å². The lowest BCUT2D eigenvalue weighted by atomic mass is 10.0.